The highest BCUT2D eigenvalue weighted by molar-refractivity contribution is 5.92. The molecule has 6 heteroatoms. The van der Waals surface area contributed by atoms with Crippen LogP contribution in [0, 0.1) is 11.3 Å². The molecule has 2 aliphatic carbocycles. The Morgan fingerprint density at radius 2 is 2.04 bits per heavy atom. The van der Waals surface area contributed by atoms with Gasteiger partial charge < -0.3 is 19.3 Å². The topological polar surface area (TPSA) is 85.4 Å². The van der Waals surface area contributed by atoms with E-state index in [1.165, 1.54) is 0 Å². The van der Waals surface area contributed by atoms with Crippen LogP contribution < -0.4 is 0 Å². The van der Waals surface area contributed by atoms with Crippen molar-refractivity contribution in [2.24, 2.45) is 11.3 Å². The van der Waals surface area contributed by atoms with Crippen molar-refractivity contribution < 1.29 is 28.9 Å². The van der Waals surface area contributed by atoms with E-state index >= 15 is 0 Å². The molecule has 26 heavy (non-hydrogen) atoms. The van der Waals surface area contributed by atoms with Gasteiger partial charge in [0.05, 0.1) is 18.1 Å². The number of carbonyl (C=O) groups excluding carboxylic acids is 2. The minimum atomic E-state index is -0.932. The summed E-state index contributed by atoms with van der Waals surface area (Å²) in [6.07, 6.45) is 0.00796. The summed E-state index contributed by atoms with van der Waals surface area (Å²) in [5, 5.41) is 10.7. The number of fused-ring (bicyclic) bond motifs is 3. The smallest absolute Gasteiger partial charge is 0.341 e. The molecule has 2 saturated heterocycles. The lowest BCUT2D eigenvalue weighted by Crippen LogP contribution is -2.53. The number of rotatable bonds is 2. The van der Waals surface area contributed by atoms with Crippen LogP contribution in [0.25, 0.3) is 0 Å². The molecule has 4 aliphatic rings. The maximum Gasteiger partial charge on any atom is 0.341 e. The Kier molecular flexibility index (Phi) is 3.70. The monoisotopic (exact) mass is 362 g/mol. The third kappa shape index (κ3) is 2.24. The Morgan fingerprint density at radius 1 is 1.38 bits per heavy atom. The van der Waals surface area contributed by atoms with Crippen LogP contribution in [-0.2, 0) is 23.8 Å². The molecule has 0 radical (unpaired) electrons. The highest BCUT2D eigenvalue weighted by atomic mass is 16.7. The summed E-state index contributed by atoms with van der Waals surface area (Å²) in [5.74, 6) is -1.29. The zero-order valence-corrected chi connectivity index (χ0v) is 15.7. The largest absolute Gasteiger partial charge is 0.459 e. The predicted molar refractivity (Wildman–Crippen MR) is 92.0 cm³/mol. The summed E-state index contributed by atoms with van der Waals surface area (Å²) in [6.45, 7) is 11.4. The summed E-state index contributed by atoms with van der Waals surface area (Å²) >= 11 is 0. The molecule has 2 aliphatic heterocycles. The fourth-order valence-corrected chi connectivity index (χ4v) is 4.99. The summed E-state index contributed by atoms with van der Waals surface area (Å²) in [5.41, 5.74) is 0.938. The van der Waals surface area contributed by atoms with E-state index in [0.717, 1.165) is 17.6 Å². The maximum atomic E-state index is 12.6. The van der Waals surface area contributed by atoms with Crippen LogP contribution in [0.15, 0.2) is 23.3 Å². The molecule has 0 amide bonds. The van der Waals surface area contributed by atoms with Gasteiger partial charge in [-0.05, 0) is 45.6 Å². The number of hydrogen-bond acceptors (Lipinski definition) is 6. The number of epoxide rings is 1. The first-order valence-electron chi connectivity index (χ1n) is 9.26. The Hall–Kier alpha value is -1.66. The molecule has 0 aromatic rings. The average Bonchev–Trinajstić information content (AvgIpc) is 3.07. The lowest BCUT2D eigenvalue weighted by Gasteiger charge is -2.50. The van der Waals surface area contributed by atoms with Crippen molar-refractivity contribution in [3.63, 3.8) is 0 Å². The molecule has 0 bridgehead atoms. The summed E-state index contributed by atoms with van der Waals surface area (Å²) in [7, 11) is 0. The molecule has 0 aromatic carbocycles. The molecule has 3 fully saturated rings. The van der Waals surface area contributed by atoms with Crippen LogP contribution in [0.3, 0.4) is 0 Å². The molecule has 7 atom stereocenters. The molecule has 1 N–H and O–H groups in total. The number of allylic oxidation sites excluding steroid dienone is 1. The summed E-state index contributed by atoms with van der Waals surface area (Å²) < 4.78 is 16.8. The van der Waals surface area contributed by atoms with Gasteiger partial charge >= 0.3 is 11.9 Å². The van der Waals surface area contributed by atoms with Gasteiger partial charge in [0.15, 0.2) is 5.60 Å². The Bertz CT molecular complexity index is 739. The Balaban J connectivity index is 1.71. The normalized spacial score (nSPS) is 47.2. The minimum absolute atomic E-state index is 0.187. The van der Waals surface area contributed by atoms with Crippen molar-refractivity contribution in [2.75, 3.05) is 0 Å². The predicted octanol–water partition coefficient (Wildman–Crippen LogP) is 2.05. The van der Waals surface area contributed by atoms with Gasteiger partial charge in [0.2, 0.25) is 0 Å². The van der Waals surface area contributed by atoms with Crippen molar-refractivity contribution in [3.8, 4) is 0 Å². The molecular weight excluding hydrogens is 336 g/mol. The van der Waals surface area contributed by atoms with E-state index in [0.29, 0.717) is 18.4 Å². The molecule has 0 aromatic heterocycles. The van der Waals surface area contributed by atoms with Crippen LogP contribution >= 0.6 is 0 Å². The lowest BCUT2D eigenvalue weighted by atomic mass is 9.58. The first kappa shape index (κ1) is 17.7. The number of ether oxygens (including phenoxy) is 3. The number of hydrogen-bond donors (Lipinski definition) is 1. The standard InChI is InChI=1S/C20H26O6/c1-9-6-7-13(21)19(4)8-12(24-18(23)20(5)11(3)26-20)14-10(2)17(22)25-16(14)15(9)19/h11-14,16,21H,2,6-8H2,1,3-5H3/t11?,12-,13-,14-,16+,19+,20?/m1/s1. The van der Waals surface area contributed by atoms with Crippen molar-refractivity contribution in [1.29, 1.82) is 0 Å². The van der Waals surface area contributed by atoms with Crippen LogP contribution in [0.4, 0.5) is 0 Å². The van der Waals surface area contributed by atoms with Gasteiger partial charge in [-0.25, -0.2) is 9.59 Å². The second-order valence-electron chi connectivity index (χ2n) is 8.56. The minimum Gasteiger partial charge on any atom is -0.459 e. The Morgan fingerprint density at radius 3 is 2.65 bits per heavy atom. The van der Waals surface area contributed by atoms with E-state index in [9.17, 15) is 14.7 Å². The van der Waals surface area contributed by atoms with Gasteiger partial charge in [-0.3, -0.25) is 0 Å². The fourth-order valence-electron chi connectivity index (χ4n) is 4.99. The number of carbonyl (C=O) groups is 2. The van der Waals surface area contributed by atoms with Gasteiger partial charge in [0.1, 0.15) is 12.2 Å². The average molecular weight is 362 g/mol. The van der Waals surface area contributed by atoms with E-state index in [4.69, 9.17) is 14.2 Å². The molecule has 142 valence electrons. The quantitative estimate of drug-likeness (QED) is 0.350. The van der Waals surface area contributed by atoms with Crippen LogP contribution in [-0.4, -0.2) is 47.1 Å². The van der Waals surface area contributed by atoms with Crippen molar-refractivity contribution in [2.45, 2.75) is 77.0 Å². The molecule has 2 unspecified atom stereocenters. The van der Waals surface area contributed by atoms with Gasteiger partial charge in [-0.1, -0.05) is 19.1 Å². The van der Waals surface area contributed by atoms with Crippen LogP contribution in [0.5, 0.6) is 0 Å². The molecule has 6 nitrogen and oxygen atoms in total. The van der Waals surface area contributed by atoms with Crippen molar-refractivity contribution in [1.82, 2.24) is 0 Å². The van der Waals surface area contributed by atoms with Gasteiger partial charge in [-0.15, -0.1) is 0 Å². The highest BCUT2D eigenvalue weighted by Gasteiger charge is 2.62. The SMILES string of the molecule is C=C1C(=O)O[C@@H]2C3=C(C)CC[C@@H](O)[C@]3(C)C[C@@H](OC(=O)C3(C)OC3C)[C@@H]12. The molecular formula is C20H26O6. The maximum absolute atomic E-state index is 12.6. The molecule has 4 rings (SSSR count). The number of esters is 2. The zero-order chi connectivity index (χ0) is 19.0. The van der Waals surface area contributed by atoms with Crippen LogP contribution in [0.1, 0.15) is 47.0 Å². The van der Waals surface area contributed by atoms with Crippen LogP contribution in [0.2, 0.25) is 0 Å². The first-order chi connectivity index (χ1) is 12.1. The molecule has 1 saturated carbocycles. The third-order valence-corrected chi connectivity index (χ3v) is 6.94. The zero-order valence-electron chi connectivity index (χ0n) is 15.7. The number of aliphatic hydroxyl groups is 1. The Labute approximate surface area is 153 Å². The van der Waals surface area contributed by atoms with Gasteiger partial charge in [-0.2, -0.15) is 0 Å². The van der Waals surface area contributed by atoms with Crippen molar-refractivity contribution in [3.05, 3.63) is 23.3 Å². The second kappa shape index (κ2) is 5.42. The fraction of sp³-hybridized carbons (Fsp3) is 0.700. The third-order valence-electron chi connectivity index (χ3n) is 6.94. The summed E-state index contributed by atoms with van der Waals surface area (Å²) in [4.78, 5) is 24.8. The molecule has 0 spiro atoms. The number of aliphatic hydroxyl groups excluding tert-OH is 1. The van der Waals surface area contributed by atoms with E-state index in [2.05, 4.69) is 6.58 Å². The lowest BCUT2D eigenvalue weighted by molar-refractivity contribution is -0.165. The second-order valence-corrected chi connectivity index (χ2v) is 8.56. The van der Waals surface area contributed by atoms with Gasteiger partial charge in [0, 0.05) is 11.0 Å². The highest BCUT2D eigenvalue weighted by Crippen LogP contribution is 2.56. The molecule has 2 heterocycles. The summed E-state index contributed by atoms with van der Waals surface area (Å²) in [6, 6.07) is 0. The van der Waals surface area contributed by atoms with E-state index < -0.39 is 47.2 Å². The van der Waals surface area contributed by atoms with E-state index in [1.54, 1.807) is 6.92 Å². The van der Waals surface area contributed by atoms with Crippen molar-refractivity contribution >= 4 is 11.9 Å². The van der Waals surface area contributed by atoms with E-state index in [-0.39, 0.29) is 6.10 Å². The van der Waals surface area contributed by atoms with Gasteiger partial charge in [0.25, 0.3) is 0 Å². The first-order valence-corrected chi connectivity index (χ1v) is 9.26. The van der Waals surface area contributed by atoms with E-state index in [1.807, 2.05) is 20.8 Å².